The van der Waals surface area contributed by atoms with Crippen LogP contribution in [0.1, 0.15) is 6.92 Å². The number of thioether (sulfide) groups is 1. The summed E-state index contributed by atoms with van der Waals surface area (Å²) in [4.78, 5) is 11.5. The molecule has 3 aliphatic heterocycles. The first-order valence-corrected chi connectivity index (χ1v) is 9.00. The number of hydrogen-bond donors (Lipinski definition) is 1. The van der Waals surface area contributed by atoms with Gasteiger partial charge in [0.05, 0.1) is 29.2 Å². The van der Waals surface area contributed by atoms with Crippen molar-refractivity contribution in [3.8, 4) is 0 Å². The zero-order valence-electron chi connectivity index (χ0n) is 13.3. The standard InChI is InChI=1S/C17H24N4S/c1-12-11-13-16(21-9-7-20(2)8-10-21)18-14-5-3-4-6-15(14)19-17(13)22-12/h3-6,11,13-16,18H,7-10H2,1-2H3. The highest BCUT2D eigenvalue weighted by Crippen LogP contribution is 2.37. The van der Waals surface area contributed by atoms with Crippen molar-refractivity contribution >= 4 is 16.8 Å². The Balaban J connectivity index is 1.63. The molecule has 1 fully saturated rings. The van der Waals surface area contributed by atoms with Crippen molar-refractivity contribution in [3.63, 3.8) is 0 Å². The van der Waals surface area contributed by atoms with Crippen molar-refractivity contribution in [1.29, 1.82) is 0 Å². The average Bonchev–Trinajstić information content (AvgIpc) is 2.80. The zero-order chi connectivity index (χ0) is 15.1. The van der Waals surface area contributed by atoms with Crippen molar-refractivity contribution in [2.24, 2.45) is 10.9 Å². The van der Waals surface area contributed by atoms with E-state index in [-0.39, 0.29) is 6.04 Å². The van der Waals surface area contributed by atoms with Crippen LogP contribution in [-0.2, 0) is 0 Å². The molecule has 0 aromatic carbocycles. The van der Waals surface area contributed by atoms with E-state index in [1.807, 2.05) is 11.8 Å². The number of likely N-dealkylation sites (N-methyl/N-ethyl adjacent to an activating group) is 1. The van der Waals surface area contributed by atoms with Crippen molar-refractivity contribution < 1.29 is 0 Å². The van der Waals surface area contributed by atoms with Crippen LogP contribution in [0.3, 0.4) is 0 Å². The Morgan fingerprint density at radius 3 is 2.77 bits per heavy atom. The lowest BCUT2D eigenvalue weighted by molar-refractivity contribution is 0.0820. The van der Waals surface area contributed by atoms with Crippen LogP contribution < -0.4 is 5.32 Å². The molecule has 1 saturated heterocycles. The Morgan fingerprint density at radius 2 is 1.95 bits per heavy atom. The van der Waals surface area contributed by atoms with Gasteiger partial charge in [0.2, 0.25) is 0 Å². The lowest BCUT2D eigenvalue weighted by Crippen LogP contribution is -2.59. The molecule has 4 nitrogen and oxygen atoms in total. The molecule has 5 heteroatoms. The van der Waals surface area contributed by atoms with Crippen LogP contribution in [0.4, 0.5) is 0 Å². The summed E-state index contributed by atoms with van der Waals surface area (Å²) in [5.41, 5.74) is 0. The maximum atomic E-state index is 5.06. The quantitative estimate of drug-likeness (QED) is 0.798. The number of allylic oxidation sites excluding steroid dienone is 3. The van der Waals surface area contributed by atoms with Gasteiger partial charge < -0.3 is 4.90 Å². The first-order chi connectivity index (χ1) is 10.7. The molecule has 0 bridgehead atoms. The maximum absolute atomic E-state index is 5.06. The molecule has 0 aromatic heterocycles. The molecule has 3 heterocycles. The summed E-state index contributed by atoms with van der Waals surface area (Å²) in [6, 6.07) is 0.564. The van der Waals surface area contributed by atoms with Gasteiger partial charge in [-0.15, -0.1) is 0 Å². The molecule has 0 saturated carbocycles. The van der Waals surface area contributed by atoms with Gasteiger partial charge in [-0.2, -0.15) is 0 Å². The van der Waals surface area contributed by atoms with Crippen LogP contribution >= 0.6 is 11.8 Å². The molecule has 1 aliphatic carbocycles. The van der Waals surface area contributed by atoms with E-state index in [0.717, 1.165) is 26.2 Å². The van der Waals surface area contributed by atoms with Gasteiger partial charge in [0, 0.05) is 26.2 Å². The van der Waals surface area contributed by atoms with Gasteiger partial charge in [-0.05, 0) is 18.9 Å². The molecule has 22 heavy (non-hydrogen) atoms. The molecular formula is C17H24N4S. The number of fused-ring (bicyclic) bond motifs is 2. The SMILES string of the molecule is CC1=CC2C(=NC3C=CC=CC3NC2N2CCN(C)CC2)S1. The summed E-state index contributed by atoms with van der Waals surface area (Å²) in [6.45, 7) is 6.77. The summed E-state index contributed by atoms with van der Waals surface area (Å²) in [5, 5.41) is 5.18. The zero-order valence-corrected chi connectivity index (χ0v) is 14.1. The second-order valence-electron chi connectivity index (χ2n) is 6.61. The van der Waals surface area contributed by atoms with E-state index in [1.54, 1.807) is 0 Å². The minimum atomic E-state index is 0.242. The molecule has 4 unspecified atom stereocenters. The molecule has 4 atom stereocenters. The summed E-state index contributed by atoms with van der Waals surface area (Å²) < 4.78 is 0. The second-order valence-corrected chi connectivity index (χ2v) is 7.88. The Hall–Kier alpha value is -0.880. The smallest absolute Gasteiger partial charge is 0.0882 e. The van der Waals surface area contributed by atoms with E-state index < -0.39 is 0 Å². The Morgan fingerprint density at radius 1 is 1.18 bits per heavy atom. The highest BCUT2D eigenvalue weighted by atomic mass is 32.2. The van der Waals surface area contributed by atoms with Gasteiger partial charge in [-0.3, -0.25) is 15.2 Å². The highest BCUT2D eigenvalue weighted by Gasteiger charge is 2.39. The third-order valence-corrected chi connectivity index (χ3v) is 6.03. The summed E-state index contributed by atoms with van der Waals surface area (Å²) in [5.74, 6) is 0.404. The molecular weight excluding hydrogens is 292 g/mol. The third-order valence-electron chi connectivity index (χ3n) is 4.98. The molecule has 4 rings (SSSR count). The molecule has 0 radical (unpaired) electrons. The predicted molar refractivity (Wildman–Crippen MR) is 94.1 cm³/mol. The summed E-state index contributed by atoms with van der Waals surface area (Å²) in [6.07, 6.45) is 11.5. The lowest BCUT2D eigenvalue weighted by atomic mass is 10.0. The van der Waals surface area contributed by atoms with E-state index in [9.17, 15) is 0 Å². The van der Waals surface area contributed by atoms with E-state index in [0.29, 0.717) is 18.1 Å². The van der Waals surface area contributed by atoms with Crippen molar-refractivity contribution in [3.05, 3.63) is 35.3 Å². The fraction of sp³-hybridized carbons (Fsp3) is 0.588. The Kier molecular flexibility index (Phi) is 3.98. The number of piperazine rings is 1. The van der Waals surface area contributed by atoms with Crippen LogP contribution in [0, 0.1) is 5.92 Å². The van der Waals surface area contributed by atoms with E-state index in [4.69, 9.17) is 4.99 Å². The van der Waals surface area contributed by atoms with Gasteiger partial charge in [-0.25, -0.2) is 0 Å². The molecule has 0 amide bonds. The normalized spacial score (nSPS) is 39.0. The van der Waals surface area contributed by atoms with Crippen molar-refractivity contribution in [1.82, 2.24) is 15.1 Å². The van der Waals surface area contributed by atoms with Crippen molar-refractivity contribution in [2.75, 3.05) is 33.2 Å². The Labute approximate surface area is 137 Å². The van der Waals surface area contributed by atoms with Gasteiger partial charge in [0.25, 0.3) is 0 Å². The minimum absolute atomic E-state index is 0.242. The monoisotopic (exact) mass is 316 g/mol. The Bertz CT molecular complexity index is 557. The van der Waals surface area contributed by atoms with Gasteiger partial charge in [0.1, 0.15) is 0 Å². The number of nitrogens with one attached hydrogen (secondary N) is 1. The second kappa shape index (κ2) is 5.96. The summed E-state index contributed by atoms with van der Waals surface area (Å²) >= 11 is 1.86. The van der Waals surface area contributed by atoms with Crippen LogP contribution in [-0.4, -0.2) is 66.3 Å². The van der Waals surface area contributed by atoms with Crippen LogP contribution in [0.5, 0.6) is 0 Å². The lowest BCUT2D eigenvalue weighted by Gasteiger charge is -2.41. The van der Waals surface area contributed by atoms with Gasteiger partial charge in [-0.1, -0.05) is 42.1 Å². The molecule has 0 spiro atoms. The van der Waals surface area contributed by atoms with Crippen LogP contribution in [0.2, 0.25) is 0 Å². The molecule has 0 aromatic rings. The molecule has 4 aliphatic rings. The molecule has 118 valence electrons. The fourth-order valence-corrected chi connectivity index (χ4v) is 4.74. The average molecular weight is 316 g/mol. The molecule has 1 N–H and O–H groups in total. The largest absolute Gasteiger partial charge is 0.304 e. The minimum Gasteiger partial charge on any atom is -0.304 e. The van der Waals surface area contributed by atoms with E-state index in [1.165, 1.54) is 9.95 Å². The topological polar surface area (TPSA) is 30.9 Å². The highest BCUT2D eigenvalue weighted by molar-refractivity contribution is 8.17. The fourth-order valence-electron chi connectivity index (χ4n) is 3.68. The first kappa shape index (κ1) is 14.7. The number of rotatable bonds is 1. The number of aliphatic imine (C=N–C) groups is 1. The third kappa shape index (κ3) is 2.71. The van der Waals surface area contributed by atoms with Crippen LogP contribution in [0.15, 0.2) is 40.3 Å². The number of hydrogen-bond acceptors (Lipinski definition) is 5. The van der Waals surface area contributed by atoms with E-state index in [2.05, 4.69) is 59.5 Å². The summed E-state index contributed by atoms with van der Waals surface area (Å²) in [7, 11) is 2.21. The van der Waals surface area contributed by atoms with Crippen LogP contribution in [0.25, 0.3) is 0 Å². The maximum Gasteiger partial charge on any atom is 0.0882 e. The van der Waals surface area contributed by atoms with Gasteiger partial charge in [0.15, 0.2) is 0 Å². The number of nitrogens with zero attached hydrogens (tertiary/aromatic N) is 3. The predicted octanol–water partition coefficient (Wildman–Crippen LogP) is 1.69. The first-order valence-electron chi connectivity index (χ1n) is 8.18. The van der Waals surface area contributed by atoms with Crippen molar-refractivity contribution in [2.45, 2.75) is 25.2 Å². The van der Waals surface area contributed by atoms with Gasteiger partial charge >= 0.3 is 0 Å². The van der Waals surface area contributed by atoms with E-state index >= 15 is 0 Å².